The van der Waals surface area contributed by atoms with Gasteiger partial charge in [0.15, 0.2) is 6.10 Å². The number of carbonyl (C=O) groups is 2. The Balaban J connectivity index is 0.00000408. The van der Waals surface area contributed by atoms with E-state index in [1.807, 2.05) is 36.2 Å². The Morgan fingerprint density at radius 3 is 2.76 bits per heavy atom. The number of aromatic nitrogens is 1. The van der Waals surface area contributed by atoms with Gasteiger partial charge < -0.3 is 30.9 Å². The van der Waals surface area contributed by atoms with Crippen LogP contribution < -0.4 is 15.4 Å². The van der Waals surface area contributed by atoms with Gasteiger partial charge in [-0.05, 0) is 18.1 Å². The number of rotatable bonds is 12. The van der Waals surface area contributed by atoms with E-state index in [9.17, 15) is 9.59 Å². The first-order valence-corrected chi connectivity index (χ1v) is 11.4. The Labute approximate surface area is 233 Å². The summed E-state index contributed by atoms with van der Waals surface area (Å²) in [5, 5.41) is 17.3. The second-order valence-corrected chi connectivity index (χ2v) is 8.45. The fraction of sp³-hybridized carbons (Fsp3) is 0.409. The van der Waals surface area contributed by atoms with E-state index in [1.165, 1.54) is 12.3 Å². The summed E-state index contributed by atoms with van der Waals surface area (Å²) >= 11 is 11.9. The Hall–Kier alpha value is -1.49. The summed E-state index contributed by atoms with van der Waals surface area (Å²) in [6.07, 6.45) is 1.22. The second-order valence-electron chi connectivity index (χ2n) is 7.61. The van der Waals surface area contributed by atoms with Crippen molar-refractivity contribution < 1.29 is 52.1 Å². The summed E-state index contributed by atoms with van der Waals surface area (Å²) in [7, 11) is 0. The average Bonchev–Trinajstić information content (AvgIpc) is 2.75. The van der Waals surface area contributed by atoms with Crippen LogP contribution in [0.1, 0.15) is 25.3 Å². The quantitative estimate of drug-likeness (QED) is 0.350. The van der Waals surface area contributed by atoms with E-state index >= 15 is 0 Å². The van der Waals surface area contributed by atoms with Crippen LogP contribution in [0.25, 0.3) is 5.43 Å². The molecular weight excluding hydrogens is 558 g/mol. The number of hydrogen-bond acceptors (Lipinski definition) is 6. The maximum atomic E-state index is 12.6. The monoisotopic (exact) mass is 583 g/mol. The van der Waals surface area contributed by atoms with Gasteiger partial charge in [-0.1, -0.05) is 54.4 Å². The van der Waals surface area contributed by atoms with Gasteiger partial charge in [-0.15, -0.1) is 5.69 Å². The van der Waals surface area contributed by atoms with Gasteiger partial charge in [0.1, 0.15) is 5.02 Å². The minimum atomic E-state index is -0.811. The first-order valence-electron chi connectivity index (χ1n) is 10.6. The number of ether oxygens (including phenoxy) is 1. The third-order valence-corrected chi connectivity index (χ3v) is 5.44. The van der Waals surface area contributed by atoms with Crippen molar-refractivity contribution in [3.8, 4) is 5.88 Å². The molecule has 1 aromatic carbocycles. The van der Waals surface area contributed by atoms with Crippen LogP contribution in [0.5, 0.6) is 5.88 Å². The number of halogens is 2. The number of pyridine rings is 1. The van der Waals surface area contributed by atoms with Gasteiger partial charge in [0.05, 0.1) is 11.4 Å². The Bertz CT molecular complexity index is 978. The number of carboxylic acids is 1. The average molecular weight is 584 g/mol. The second kappa shape index (κ2) is 14.2. The third kappa shape index (κ3) is 8.94. The van der Waals surface area contributed by atoms with Crippen molar-refractivity contribution >= 4 is 40.8 Å². The largest absolute Gasteiger partial charge is 0.620 e. The number of amides is 1. The zero-order valence-corrected chi connectivity index (χ0v) is 23.1. The molecule has 1 atom stereocenters. The molecule has 0 aliphatic carbocycles. The maximum Gasteiger partial charge on any atom is 0.304 e. The minimum absolute atomic E-state index is 0. The molecule has 1 unspecified atom stereocenters. The molecule has 9 nitrogen and oxygen atoms in total. The van der Waals surface area contributed by atoms with Gasteiger partial charge in [-0.2, -0.15) is 0 Å². The topological polar surface area (TPSA) is 118 Å². The predicted octanol–water partition coefficient (Wildman–Crippen LogP) is 3.53. The summed E-state index contributed by atoms with van der Waals surface area (Å²) in [5.41, 5.74) is 6.26. The molecule has 1 aromatic heterocycles. The van der Waals surface area contributed by atoms with Crippen molar-refractivity contribution in [1.82, 2.24) is 20.6 Å². The fourth-order valence-electron chi connectivity index (χ4n) is 3.19. The van der Waals surface area contributed by atoms with E-state index in [0.29, 0.717) is 24.5 Å². The summed E-state index contributed by atoms with van der Waals surface area (Å²) < 4.78 is 5.67. The molecular formula is C22H26Cl2N5O4Y-. The molecule has 2 aromatic rings. The number of benzene rings is 1. The summed E-state index contributed by atoms with van der Waals surface area (Å²) in [6, 6.07) is 9.34. The fourth-order valence-corrected chi connectivity index (χ4v) is 3.61. The van der Waals surface area contributed by atoms with E-state index in [0.717, 1.165) is 24.3 Å². The molecule has 1 aliphatic heterocycles. The van der Waals surface area contributed by atoms with E-state index in [1.54, 1.807) is 0 Å². The first kappa shape index (κ1) is 28.7. The van der Waals surface area contributed by atoms with Crippen LogP contribution in [0.15, 0.2) is 36.5 Å². The van der Waals surface area contributed by atoms with Crippen LogP contribution in [-0.4, -0.2) is 58.8 Å². The van der Waals surface area contributed by atoms with Crippen LogP contribution in [0.3, 0.4) is 0 Å². The molecule has 12 heteroatoms. The molecule has 3 rings (SSSR count). The van der Waals surface area contributed by atoms with Crippen LogP contribution in [0.4, 0.5) is 5.69 Å². The zero-order valence-electron chi connectivity index (χ0n) is 18.7. The van der Waals surface area contributed by atoms with Crippen LogP contribution in [0, 0.1) is 0 Å². The van der Waals surface area contributed by atoms with E-state index < -0.39 is 12.1 Å². The van der Waals surface area contributed by atoms with Gasteiger partial charge in [-0.3, -0.25) is 9.59 Å². The Kier molecular flexibility index (Phi) is 12.0. The summed E-state index contributed by atoms with van der Waals surface area (Å²) in [5.74, 6) is -0.922. The first-order chi connectivity index (χ1) is 15.8. The number of carboxylic acid groups (broad SMARTS) is 1. The Morgan fingerprint density at radius 1 is 1.32 bits per heavy atom. The molecule has 1 aliphatic rings. The standard InChI is InChI=1S/C22H26Cl2N5O4.Y/c1-2-19(33-22-18(24)9-15(23)11-27-22)21(32)26-10-14-4-3-5-16(8-14)28-29-12-17(13-29)25-7-6-20(30)31;/h3-5,8-9,11,17,19,25H,2,6-7,10,12-13H2,1H3,(H,26,32)(H,30,31);/q-1;. The smallest absolute Gasteiger partial charge is 0.304 e. The number of nitrogens with zero attached hydrogens (tertiary/aromatic N) is 3. The van der Waals surface area contributed by atoms with Crippen LogP contribution >= 0.6 is 23.2 Å². The molecule has 1 amide bonds. The van der Waals surface area contributed by atoms with E-state index in [-0.39, 0.29) is 62.0 Å². The number of aliphatic carboxylic acids is 1. The number of carbonyl (C=O) groups excluding carboxylic acids is 1. The normalized spacial score (nSPS) is 14.4. The van der Waals surface area contributed by atoms with Crippen molar-refractivity contribution in [3.63, 3.8) is 0 Å². The molecule has 0 spiro atoms. The van der Waals surface area contributed by atoms with Gasteiger partial charge in [-0.25, -0.2) is 4.98 Å². The molecule has 1 saturated heterocycles. The van der Waals surface area contributed by atoms with E-state index in [4.69, 9.17) is 33.0 Å². The van der Waals surface area contributed by atoms with Crippen molar-refractivity contribution in [1.29, 1.82) is 0 Å². The minimum Gasteiger partial charge on any atom is -0.620 e. The predicted molar refractivity (Wildman–Crippen MR) is 126 cm³/mol. The number of hydrogen-bond donors (Lipinski definition) is 3. The van der Waals surface area contributed by atoms with E-state index in [2.05, 4.69) is 21.0 Å². The third-order valence-electron chi connectivity index (χ3n) is 4.96. The molecule has 1 radical (unpaired) electrons. The van der Waals surface area contributed by atoms with Crippen molar-refractivity contribution in [2.24, 2.45) is 0 Å². The summed E-state index contributed by atoms with van der Waals surface area (Å²) in [4.78, 5) is 27.2. The number of nitrogens with one attached hydrogen (secondary N) is 2. The van der Waals surface area contributed by atoms with Crippen LogP contribution in [0.2, 0.25) is 10.0 Å². The van der Waals surface area contributed by atoms with Crippen molar-refractivity contribution in [3.05, 3.63) is 57.6 Å². The van der Waals surface area contributed by atoms with Crippen molar-refractivity contribution in [2.45, 2.75) is 38.5 Å². The molecule has 0 bridgehead atoms. The summed E-state index contributed by atoms with van der Waals surface area (Å²) in [6.45, 7) is 4.05. The molecule has 2 heterocycles. The zero-order chi connectivity index (χ0) is 23.8. The van der Waals surface area contributed by atoms with Gasteiger partial charge in [0.25, 0.3) is 5.91 Å². The molecule has 34 heavy (non-hydrogen) atoms. The van der Waals surface area contributed by atoms with Gasteiger partial charge >= 0.3 is 5.97 Å². The molecule has 0 saturated carbocycles. The maximum absolute atomic E-state index is 12.6. The SMILES string of the molecule is CCC(Oc1ncc(Cl)cc1Cl)C(=O)NCc1cccc([N-]N2CC(NCCC(=O)O)C2)c1.[Y]. The van der Waals surface area contributed by atoms with Crippen LogP contribution in [-0.2, 0) is 48.8 Å². The molecule has 181 valence electrons. The molecule has 3 N–H and O–H groups in total. The van der Waals surface area contributed by atoms with Gasteiger partial charge in [0, 0.05) is 71.1 Å². The molecule has 1 fully saturated rings. The Morgan fingerprint density at radius 2 is 2.09 bits per heavy atom. The van der Waals surface area contributed by atoms with Gasteiger partial charge in [0.2, 0.25) is 5.88 Å². The van der Waals surface area contributed by atoms with Crippen molar-refractivity contribution in [2.75, 3.05) is 19.6 Å².